The standard InChI is InChI=1S/C25H30BrN3/c1-27(2)22-13-7-19(8-14-22)25(26,20-9-15-23(16-10-20)28(3)4)21-11-17-24(18-12-21)29(5)6/h7-18H,1-6H3. The minimum absolute atomic E-state index is 0.423. The second kappa shape index (κ2) is 8.50. The van der Waals surface area contributed by atoms with Crippen molar-refractivity contribution in [3.05, 3.63) is 89.5 Å². The van der Waals surface area contributed by atoms with Crippen molar-refractivity contribution < 1.29 is 0 Å². The van der Waals surface area contributed by atoms with E-state index >= 15 is 0 Å². The Kier molecular flexibility index (Phi) is 6.23. The molecule has 0 saturated carbocycles. The highest BCUT2D eigenvalue weighted by Gasteiger charge is 2.33. The molecular weight excluding hydrogens is 422 g/mol. The topological polar surface area (TPSA) is 9.72 Å². The molecule has 0 radical (unpaired) electrons. The predicted octanol–water partition coefficient (Wildman–Crippen LogP) is 5.57. The molecule has 0 amide bonds. The first-order valence-corrected chi connectivity index (χ1v) is 10.6. The molecule has 3 nitrogen and oxygen atoms in total. The van der Waals surface area contributed by atoms with Crippen molar-refractivity contribution in [1.82, 2.24) is 0 Å². The van der Waals surface area contributed by atoms with Gasteiger partial charge in [0.05, 0.1) is 0 Å². The molecule has 0 bridgehead atoms. The van der Waals surface area contributed by atoms with Crippen LogP contribution < -0.4 is 14.7 Å². The third-order valence-corrected chi connectivity index (χ3v) is 6.72. The van der Waals surface area contributed by atoms with Crippen LogP contribution in [-0.4, -0.2) is 42.3 Å². The van der Waals surface area contributed by atoms with E-state index in [-0.39, 0.29) is 0 Å². The SMILES string of the molecule is CN(C)c1ccc(C(Br)(c2ccc(N(C)C)cc2)c2ccc(N(C)C)cc2)cc1. The highest BCUT2D eigenvalue weighted by Crippen LogP contribution is 2.45. The minimum atomic E-state index is -0.423. The lowest BCUT2D eigenvalue weighted by molar-refractivity contribution is 0.913. The Labute approximate surface area is 183 Å². The van der Waals surface area contributed by atoms with Gasteiger partial charge in [0.25, 0.3) is 0 Å². The quantitative estimate of drug-likeness (QED) is 0.358. The number of benzene rings is 3. The summed E-state index contributed by atoms with van der Waals surface area (Å²) in [5.74, 6) is 0. The zero-order chi connectivity index (χ0) is 21.2. The molecule has 0 N–H and O–H groups in total. The fraction of sp³-hybridized carbons (Fsp3) is 0.280. The van der Waals surface area contributed by atoms with Gasteiger partial charge in [-0.15, -0.1) is 0 Å². The number of halogens is 1. The lowest BCUT2D eigenvalue weighted by Gasteiger charge is -2.31. The van der Waals surface area contributed by atoms with Crippen molar-refractivity contribution in [2.24, 2.45) is 0 Å². The van der Waals surface area contributed by atoms with Crippen LogP contribution in [0.4, 0.5) is 17.1 Å². The van der Waals surface area contributed by atoms with Gasteiger partial charge in [0.1, 0.15) is 4.32 Å². The van der Waals surface area contributed by atoms with E-state index in [0.717, 1.165) is 0 Å². The van der Waals surface area contributed by atoms with Gasteiger partial charge in [0, 0.05) is 59.3 Å². The van der Waals surface area contributed by atoms with Gasteiger partial charge in [0.2, 0.25) is 0 Å². The summed E-state index contributed by atoms with van der Waals surface area (Å²) in [6.07, 6.45) is 0. The van der Waals surface area contributed by atoms with Gasteiger partial charge in [-0.3, -0.25) is 0 Å². The molecule has 3 rings (SSSR count). The lowest BCUT2D eigenvalue weighted by Crippen LogP contribution is -2.22. The van der Waals surface area contributed by atoms with Crippen LogP contribution in [0.1, 0.15) is 16.7 Å². The molecule has 4 heteroatoms. The fourth-order valence-corrected chi connectivity index (χ4v) is 4.26. The van der Waals surface area contributed by atoms with Gasteiger partial charge in [0.15, 0.2) is 0 Å². The summed E-state index contributed by atoms with van der Waals surface area (Å²) in [5, 5.41) is 0. The molecule has 0 saturated heterocycles. The van der Waals surface area contributed by atoms with Crippen LogP contribution in [0, 0.1) is 0 Å². The van der Waals surface area contributed by atoms with Gasteiger partial charge >= 0.3 is 0 Å². The maximum atomic E-state index is 4.15. The summed E-state index contributed by atoms with van der Waals surface area (Å²) >= 11 is 4.15. The van der Waals surface area contributed by atoms with Crippen LogP contribution in [-0.2, 0) is 4.32 Å². The molecule has 0 aromatic heterocycles. The molecule has 3 aromatic rings. The van der Waals surface area contributed by atoms with Crippen molar-refractivity contribution in [1.29, 1.82) is 0 Å². The molecule has 0 spiro atoms. The first-order chi connectivity index (χ1) is 13.7. The highest BCUT2D eigenvalue weighted by molar-refractivity contribution is 9.10. The average Bonchev–Trinajstić information content (AvgIpc) is 2.73. The molecule has 152 valence electrons. The van der Waals surface area contributed by atoms with Crippen LogP contribution in [0.2, 0.25) is 0 Å². The first kappa shape index (κ1) is 21.3. The molecule has 0 aliphatic heterocycles. The summed E-state index contributed by atoms with van der Waals surface area (Å²) in [5.41, 5.74) is 7.19. The van der Waals surface area contributed by atoms with Crippen LogP contribution in [0.15, 0.2) is 72.8 Å². The van der Waals surface area contributed by atoms with E-state index in [1.54, 1.807) is 0 Å². The van der Waals surface area contributed by atoms with Gasteiger partial charge in [-0.1, -0.05) is 52.3 Å². The van der Waals surface area contributed by atoms with E-state index in [4.69, 9.17) is 0 Å². The maximum absolute atomic E-state index is 4.15. The second-order valence-electron chi connectivity index (χ2n) is 7.98. The summed E-state index contributed by atoms with van der Waals surface area (Å²) in [6, 6.07) is 26.3. The van der Waals surface area contributed by atoms with Gasteiger partial charge in [-0.2, -0.15) is 0 Å². The molecule has 29 heavy (non-hydrogen) atoms. The second-order valence-corrected chi connectivity index (χ2v) is 9.17. The number of hydrogen-bond acceptors (Lipinski definition) is 3. The third kappa shape index (κ3) is 4.27. The number of anilines is 3. The number of alkyl halides is 1. The minimum Gasteiger partial charge on any atom is -0.378 e. The van der Waals surface area contributed by atoms with E-state index in [1.165, 1.54) is 33.8 Å². The Bertz CT molecular complexity index is 802. The zero-order valence-corrected chi connectivity index (χ0v) is 19.7. The van der Waals surface area contributed by atoms with Crippen molar-refractivity contribution in [2.45, 2.75) is 4.32 Å². The van der Waals surface area contributed by atoms with Crippen LogP contribution in [0.5, 0.6) is 0 Å². The summed E-state index contributed by atoms with van der Waals surface area (Å²) < 4.78 is -0.423. The highest BCUT2D eigenvalue weighted by atomic mass is 79.9. The van der Waals surface area contributed by atoms with E-state index < -0.39 is 4.32 Å². The predicted molar refractivity (Wildman–Crippen MR) is 131 cm³/mol. The van der Waals surface area contributed by atoms with E-state index in [0.29, 0.717) is 0 Å². The average molecular weight is 452 g/mol. The van der Waals surface area contributed by atoms with Gasteiger partial charge < -0.3 is 14.7 Å². The van der Waals surface area contributed by atoms with E-state index in [2.05, 4.69) is 146 Å². The Morgan fingerprint density at radius 3 is 0.828 bits per heavy atom. The Balaban J connectivity index is 2.14. The number of nitrogens with zero attached hydrogens (tertiary/aromatic N) is 3. The van der Waals surface area contributed by atoms with Crippen molar-refractivity contribution in [3.8, 4) is 0 Å². The van der Waals surface area contributed by atoms with Gasteiger partial charge in [-0.25, -0.2) is 0 Å². The van der Waals surface area contributed by atoms with Gasteiger partial charge in [-0.05, 0) is 53.1 Å². The normalized spacial score (nSPS) is 11.3. The largest absolute Gasteiger partial charge is 0.378 e. The molecule has 0 heterocycles. The van der Waals surface area contributed by atoms with E-state index in [9.17, 15) is 0 Å². The third-order valence-electron chi connectivity index (χ3n) is 5.34. The first-order valence-electron chi connectivity index (χ1n) is 9.76. The molecule has 0 atom stereocenters. The molecule has 0 fully saturated rings. The molecule has 0 unspecified atom stereocenters. The zero-order valence-electron chi connectivity index (χ0n) is 18.1. The Morgan fingerprint density at radius 1 is 0.448 bits per heavy atom. The summed E-state index contributed by atoms with van der Waals surface area (Å²) in [7, 11) is 12.4. The Morgan fingerprint density at radius 2 is 0.655 bits per heavy atom. The van der Waals surface area contributed by atoms with Crippen LogP contribution >= 0.6 is 15.9 Å². The molecule has 0 aliphatic carbocycles. The van der Waals surface area contributed by atoms with E-state index in [1.807, 2.05) is 0 Å². The fourth-order valence-electron chi connectivity index (χ4n) is 3.47. The number of hydrogen-bond donors (Lipinski definition) is 0. The molecule has 0 aliphatic rings. The summed E-state index contributed by atoms with van der Waals surface area (Å²) in [6.45, 7) is 0. The molecule has 3 aromatic carbocycles. The molecular formula is C25H30BrN3. The monoisotopic (exact) mass is 451 g/mol. The Hall–Kier alpha value is -2.46. The van der Waals surface area contributed by atoms with Crippen LogP contribution in [0.3, 0.4) is 0 Å². The lowest BCUT2D eigenvalue weighted by atomic mass is 9.84. The number of rotatable bonds is 6. The van der Waals surface area contributed by atoms with Crippen molar-refractivity contribution >= 4 is 33.0 Å². The smallest absolute Gasteiger partial charge is 0.100 e. The summed E-state index contributed by atoms with van der Waals surface area (Å²) in [4.78, 5) is 6.37. The maximum Gasteiger partial charge on any atom is 0.100 e. The van der Waals surface area contributed by atoms with Crippen LogP contribution in [0.25, 0.3) is 0 Å². The van der Waals surface area contributed by atoms with Crippen molar-refractivity contribution in [3.63, 3.8) is 0 Å². The van der Waals surface area contributed by atoms with Crippen molar-refractivity contribution in [2.75, 3.05) is 57.0 Å².